The van der Waals surface area contributed by atoms with Gasteiger partial charge >= 0.3 is 0 Å². The maximum atomic E-state index is 9.77. The van der Waals surface area contributed by atoms with Crippen LogP contribution < -0.4 is 10.1 Å². The van der Waals surface area contributed by atoms with Crippen LogP contribution in [0.1, 0.15) is 32.3 Å². The third-order valence-electron chi connectivity index (χ3n) is 3.14. The minimum Gasteiger partial charge on any atom is -0.508 e. The molecule has 1 aromatic rings. The number of methoxy groups -OCH3 is 1. The van der Waals surface area contributed by atoms with Crippen LogP contribution in [0.5, 0.6) is 11.5 Å². The van der Waals surface area contributed by atoms with Gasteiger partial charge in [-0.3, -0.25) is 0 Å². The molecule has 102 valence electrons. The molecule has 4 heteroatoms. The second-order valence-corrected chi connectivity index (χ2v) is 4.82. The Morgan fingerprint density at radius 3 is 2.67 bits per heavy atom. The fourth-order valence-corrected chi connectivity index (χ4v) is 1.91. The highest BCUT2D eigenvalue weighted by molar-refractivity contribution is 5.39. The van der Waals surface area contributed by atoms with Crippen LogP contribution >= 0.6 is 0 Å². The van der Waals surface area contributed by atoms with Crippen LogP contribution in [-0.2, 0) is 6.54 Å². The van der Waals surface area contributed by atoms with Crippen molar-refractivity contribution in [1.82, 2.24) is 5.32 Å². The topological polar surface area (TPSA) is 61.7 Å². The Balaban J connectivity index is 2.72. The van der Waals surface area contributed by atoms with E-state index in [0.717, 1.165) is 18.4 Å². The molecular weight excluding hydrogens is 230 g/mol. The Bertz CT molecular complexity index is 381. The molecule has 1 unspecified atom stereocenters. The van der Waals surface area contributed by atoms with Crippen LogP contribution in [0.3, 0.4) is 0 Å². The molecule has 0 amide bonds. The summed E-state index contributed by atoms with van der Waals surface area (Å²) in [6.45, 7) is 4.64. The number of benzene rings is 1. The maximum absolute atomic E-state index is 9.77. The molecule has 1 rings (SSSR count). The summed E-state index contributed by atoms with van der Waals surface area (Å²) < 4.78 is 5.13. The third kappa shape index (κ3) is 3.89. The summed E-state index contributed by atoms with van der Waals surface area (Å²) in [7, 11) is 1.60. The highest BCUT2D eigenvalue weighted by Crippen LogP contribution is 2.23. The van der Waals surface area contributed by atoms with Crippen LogP contribution in [0.25, 0.3) is 0 Å². The van der Waals surface area contributed by atoms with Crippen molar-refractivity contribution >= 4 is 0 Å². The van der Waals surface area contributed by atoms with E-state index in [-0.39, 0.29) is 17.9 Å². The maximum Gasteiger partial charge on any atom is 0.120 e. The predicted octanol–water partition coefficient (Wildman–Crippen LogP) is 2.04. The summed E-state index contributed by atoms with van der Waals surface area (Å²) in [5.41, 5.74) is 0.453. The van der Waals surface area contributed by atoms with Gasteiger partial charge in [0, 0.05) is 17.6 Å². The summed E-state index contributed by atoms with van der Waals surface area (Å²) in [4.78, 5) is 0. The first-order valence-corrected chi connectivity index (χ1v) is 6.26. The Hall–Kier alpha value is -1.26. The first-order chi connectivity index (χ1) is 8.54. The Morgan fingerprint density at radius 1 is 1.39 bits per heavy atom. The van der Waals surface area contributed by atoms with Gasteiger partial charge in [0.15, 0.2) is 0 Å². The van der Waals surface area contributed by atoms with Gasteiger partial charge in [0.2, 0.25) is 0 Å². The van der Waals surface area contributed by atoms with Crippen molar-refractivity contribution in [3.05, 3.63) is 23.8 Å². The molecule has 0 aliphatic carbocycles. The number of hydrogen-bond acceptors (Lipinski definition) is 4. The summed E-state index contributed by atoms with van der Waals surface area (Å²) in [6, 6.07) is 5.13. The van der Waals surface area contributed by atoms with Gasteiger partial charge in [0.1, 0.15) is 11.5 Å². The zero-order valence-electron chi connectivity index (χ0n) is 11.4. The lowest BCUT2D eigenvalue weighted by atomic mass is 9.97. The SMILES string of the molecule is CCCC(C)(CO)NCc1cc(OC)ccc1O. The van der Waals surface area contributed by atoms with E-state index in [0.29, 0.717) is 12.3 Å². The van der Waals surface area contributed by atoms with Crippen LogP contribution in [0, 0.1) is 0 Å². The van der Waals surface area contributed by atoms with Crippen LogP contribution in [0.2, 0.25) is 0 Å². The Morgan fingerprint density at radius 2 is 2.11 bits per heavy atom. The summed E-state index contributed by atoms with van der Waals surface area (Å²) in [6.07, 6.45) is 1.88. The quantitative estimate of drug-likeness (QED) is 0.696. The van der Waals surface area contributed by atoms with Crippen molar-refractivity contribution in [1.29, 1.82) is 0 Å². The molecule has 0 aromatic heterocycles. The van der Waals surface area contributed by atoms with Crippen molar-refractivity contribution in [2.75, 3.05) is 13.7 Å². The minimum absolute atomic E-state index is 0.0750. The van der Waals surface area contributed by atoms with Crippen molar-refractivity contribution in [2.24, 2.45) is 0 Å². The lowest BCUT2D eigenvalue weighted by Gasteiger charge is -2.28. The highest BCUT2D eigenvalue weighted by Gasteiger charge is 2.21. The van der Waals surface area contributed by atoms with Crippen LogP contribution in [0.15, 0.2) is 18.2 Å². The van der Waals surface area contributed by atoms with E-state index in [1.807, 2.05) is 6.92 Å². The number of aromatic hydroxyl groups is 1. The lowest BCUT2D eigenvalue weighted by molar-refractivity contribution is 0.163. The van der Waals surface area contributed by atoms with Gasteiger partial charge in [0.05, 0.1) is 13.7 Å². The van der Waals surface area contributed by atoms with E-state index in [4.69, 9.17) is 4.74 Å². The van der Waals surface area contributed by atoms with Gasteiger partial charge in [-0.1, -0.05) is 13.3 Å². The molecule has 18 heavy (non-hydrogen) atoms. The first-order valence-electron chi connectivity index (χ1n) is 6.26. The molecule has 1 aromatic carbocycles. The lowest BCUT2D eigenvalue weighted by Crippen LogP contribution is -2.45. The first kappa shape index (κ1) is 14.8. The standard InChI is InChI=1S/C14H23NO3/c1-4-7-14(2,10-16)15-9-11-8-12(18-3)5-6-13(11)17/h5-6,8,15-17H,4,7,9-10H2,1-3H3. The number of rotatable bonds is 7. The van der Waals surface area contributed by atoms with Crippen molar-refractivity contribution < 1.29 is 14.9 Å². The number of phenolic OH excluding ortho intramolecular Hbond substituents is 1. The predicted molar refractivity (Wildman–Crippen MR) is 71.9 cm³/mol. The molecule has 0 aliphatic heterocycles. The molecule has 1 atom stereocenters. The summed E-state index contributed by atoms with van der Waals surface area (Å²) in [5, 5.41) is 22.5. The van der Waals surface area contributed by atoms with Gasteiger partial charge in [-0.2, -0.15) is 0 Å². The van der Waals surface area contributed by atoms with E-state index in [1.54, 1.807) is 25.3 Å². The largest absolute Gasteiger partial charge is 0.508 e. The molecular formula is C14H23NO3. The fourth-order valence-electron chi connectivity index (χ4n) is 1.91. The molecule has 0 bridgehead atoms. The van der Waals surface area contributed by atoms with E-state index in [2.05, 4.69) is 12.2 Å². The molecule has 0 heterocycles. The van der Waals surface area contributed by atoms with Crippen molar-refractivity contribution in [2.45, 2.75) is 38.8 Å². The molecule has 0 saturated carbocycles. The Kier molecular flexibility index (Phi) is 5.44. The summed E-state index contributed by atoms with van der Waals surface area (Å²) in [5.74, 6) is 0.950. The minimum atomic E-state index is -0.315. The van der Waals surface area contributed by atoms with Gasteiger partial charge in [-0.15, -0.1) is 0 Å². The number of aliphatic hydroxyl groups excluding tert-OH is 1. The number of hydrogen-bond donors (Lipinski definition) is 3. The number of nitrogens with one attached hydrogen (secondary N) is 1. The third-order valence-corrected chi connectivity index (χ3v) is 3.14. The zero-order valence-corrected chi connectivity index (χ0v) is 11.4. The van der Waals surface area contributed by atoms with E-state index in [1.165, 1.54) is 0 Å². The van der Waals surface area contributed by atoms with Crippen LogP contribution in [0.4, 0.5) is 0 Å². The van der Waals surface area contributed by atoms with Gasteiger partial charge in [-0.05, 0) is 31.5 Å². The molecule has 0 fully saturated rings. The summed E-state index contributed by atoms with van der Waals surface area (Å²) >= 11 is 0. The second kappa shape index (κ2) is 6.61. The highest BCUT2D eigenvalue weighted by atomic mass is 16.5. The van der Waals surface area contributed by atoms with E-state index in [9.17, 15) is 10.2 Å². The molecule has 0 saturated heterocycles. The smallest absolute Gasteiger partial charge is 0.120 e. The number of aliphatic hydroxyl groups is 1. The average molecular weight is 253 g/mol. The van der Waals surface area contributed by atoms with E-state index < -0.39 is 0 Å². The molecule has 3 N–H and O–H groups in total. The molecule has 4 nitrogen and oxygen atoms in total. The van der Waals surface area contributed by atoms with Crippen molar-refractivity contribution in [3.63, 3.8) is 0 Å². The number of phenols is 1. The Labute approximate surface area is 109 Å². The van der Waals surface area contributed by atoms with Gasteiger partial charge < -0.3 is 20.3 Å². The van der Waals surface area contributed by atoms with Gasteiger partial charge in [-0.25, -0.2) is 0 Å². The molecule has 0 radical (unpaired) electrons. The zero-order chi connectivity index (χ0) is 13.6. The molecule has 0 aliphatic rings. The molecule has 0 spiro atoms. The van der Waals surface area contributed by atoms with Crippen molar-refractivity contribution in [3.8, 4) is 11.5 Å². The fraction of sp³-hybridized carbons (Fsp3) is 0.571. The number of ether oxygens (including phenoxy) is 1. The van der Waals surface area contributed by atoms with Gasteiger partial charge in [0.25, 0.3) is 0 Å². The van der Waals surface area contributed by atoms with Crippen LogP contribution in [-0.4, -0.2) is 29.5 Å². The normalized spacial score (nSPS) is 14.2. The van der Waals surface area contributed by atoms with E-state index >= 15 is 0 Å². The average Bonchev–Trinajstić information content (AvgIpc) is 2.38. The second-order valence-electron chi connectivity index (χ2n) is 4.82. The monoisotopic (exact) mass is 253 g/mol.